The molecule has 92 valence electrons. The van der Waals surface area contributed by atoms with Crippen molar-refractivity contribution >= 4 is 22.3 Å². The van der Waals surface area contributed by atoms with Gasteiger partial charge in [-0.1, -0.05) is 0 Å². The summed E-state index contributed by atoms with van der Waals surface area (Å²) in [5.41, 5.74) is 5.64. The Morgan fingerprint density at radius 2 is 1.16 bits per heavy atom. The molecule has 4 aromatic heterocycles. The first-order chi connectivity index (χ1) is 9.42. The fraction of sp³-hybridized carbons (Fsp3) is 0.0769. The van der Waals surface area contributed by atoms with E-state index in [-0.39, 0.29) is 0 Å². The minimum absolute atomic E-state index is 0.747. The highest BCUT2D eigenvalue weighted by atomic mass is 14.9. The van der Waals surface area contributed by atoms with Crippen molar-refractivity contribution in [2.45, 2.75) is 6.42 Å². The van der Waals surface area contributed by atoms with Crippen LogP contribution in [0, 0.1) is 0 Å². The van der Waals surface area contributed by atoms with E-state index < -0.39 is 0 Å². The van der Waals surface area contributed by atoms with E-state index in [0.717, 1.165) is 39.9 Å². The summed E-state index contributed by atoms with van der Waals surface area (Å²) in [6.07, 6.45) is 11.4. The highest BCUT2D eigenvalue weighted by molar-refractivity contribution is 5.78. The van der Waals surface area contributed by atoms with Crippen LogP contribution < -0.4 is 0 Å². The van der Waals surface area contributed by atoms with Gasteiger partial charge in [-0.2, -0.15) is 0 Å². The van der Waals surface area contributed by atoms with Crippen molar-refractivity contribution in [2.75, 3.05) is 0 Å². The van der Waals surface area contributed by atoms with Gasteiger partial charge in [0.1, 0.15) is 11.0 Å². The molecule has 2 N–H and O–H groups in total. The molecule has 4 aromatic rings. The lowest BCUT2D eigenvalue weighted by Crippen LogP contribution is -1.88. The van der Waals surface area contributed by atoms with Gasteiger partial charge >= 0.3 is 0 Å². The molecule has 0 saturated carbocycles. The third kappa shape index (κ3) is 1.57. The van der Waals surface area contributed by atoms with Crippen LogP contribution in [0.1, 0.15) is 11.1 Å². The zero-order chi connectivity index (χ0) is 12.7. The van der Waals surface area contributed by atoms with Gasteiger partial charge in [0.25, 0.3) is 0 Å². The zero-order valence-corrected chi connectivity index (χ0v) is 9.96. The van der Waals surface area contributed by atoms with Gasteiger partial charge in [-0.3, -0.25) is 9.97 Å². The second kappa shape index (κ2) is 3.88. The fourth-order valence-corrected chi connectivity index (χ4v) is 2.28. The molecule has 0 amide bonds. The van der Waals surface area contributed by atoms with Gasteiger partial charge in [0, 0.05) is 54.7 Å². The van der Waals surface area contributed by atoms with Crippen molar-refractivity contribution in [1.82, 2.24) is 29.9 Å². The van der Waals surface area contributed by atoms with Gasteiger partial charge in [0.15, 0.2) is 11.3 Å². The molecule has 0 radical (unpaired) electrons. The molecule has 0 bridgehead atoms. The predicted molar refractivity (Wildman–Crippen MR) is 70.6 cm³/mol. The SMILES string of the molecule is c1cnc2c(Cc3c[nH]c4nccnc34)c[nH]c2n1. The second-order valence-corrected chi connectivity index (χ2v) is 4.31. The van der Waals surface area contributed by atoms with Crippen LogP contribution in [-0.2, 0) is 6.42 Å². The molecule has 0 atom stereocenters. The van der Waals surface area contributed by atoms with Gasteiger partial charge in [-0.05, 0) is 0 Å². The topological polar surface area (TPSA) is 83.1 Å². The average molecular weight is 250 g/mol. The van der Waals surface area contributed by atoms with Crippen LogP contribution in [0.5, 0.6) is 0 Å². The first-order valence-electron chi connectivity index (χ1n) is 5.96. The van der Waals surface area contributed by atoms with Crippen LogP contribution in [0.25, 0.3) is 22.3 Å². The van der Waals surface area contributed by atoms with E-state index in [0.29, 0.717) is 0 Å². The Kier molecular flexibility index (Phi) is 2.08. The lowest BCUT2D eigenvalue weighted by Gasteiger charge is -1.96. The molecule has 0 fully saturated rings. The summed E-state index contributed by atoms with van der Waals surface area (Å²) in [5.74, 6) is 0. The van der Waals surface area contributed by atoms with Crippen LogP contribution in [0.3, 0.4) is 0 Å². The first-order valence-corrected chi connectivity index (χ1v) is 5.96. The quantitative estimate of drug-likeness (QED) is 0.568. The van der Waals surface area contributed by atoms with Crippen molar-refractivity contribution in [3.05, 3.63) is 48.3 Å². The Hall–Kier alpha value is -2.76. The second-order valence-electron chi connectivity index (χ2n) is 4.31. The summed E-state index contributed by atoms with van der Waals surface area (Å²) in [6.45, 7) is 0. The summed E-state index contributed by atoms with van der Waals surface area (Å²) in [7, 11) is 0. The summed E-state index contributed by atoms with van der Waals surface area (Å²) in [4.78, 5) is 23.5. The van der Waals surface area contributed by atoms with Crippen LogP contribution in [0.15, 0.2) is 37.2 Å². The van der Waals surface area contributed by atoms with Gasteiger partial charge in [-0.25, -0.2) is 9.97 Å². The van der Waals surface area contributed by atoms with Gasteiger partial charge in [-0.15, -0.1) is 0 Å². The van der Waals surface area contributed by atoms with Crippen molar-refractivity contribution in [2.24, 2.45) is 0 Å². The smallest absolute Gasteiger partial charge is 0.156 e. The highest BCUT2D eigenvalue weighted by Crippen LogP contribution is 2.21. The van der Waals surface area contributed by atoms with Crippen LogP contribution >= 0.6 is 0 Å². The van der Waals surface area contributed by atoms with Gasteiger partial charge < -0.3 is 9.97 Å². The van der Waals surface area contributed by atoms with E-state index in [1.54, 1.807) is 24.8 Å². The Labute approximate surface area is 108 Å². The summed E-state index contributed by atoms with van der Waals surface area (Å²) in [5, 5.41) is 0. The van der Waals surface area contributed by atoms with Crippen molar-refractivity contribution in [3.8, 4) is 0 Å². The number of hydrogen-bond acceptors (Lipinski definition) is 4. The largest absolute Gasteiger partial charge is 0.345 e. The number of fused-ring (bicyclic) bond motifs is 2. The van der Waals surface area contributed by atoms with E-state index in [4.69, 9.17) is 0 Å². The number of nitrogens with one attached hydrogen (secondary N) is 2. The van der Waals surface area contributed by atoms with Crippen molar-refractivity contribution < 1.29 is 0 Å². The molecule has 19 heavy (non-hydrogen) atoms. The van der Waals surface area contributed by atoms with Gasteiger partial charge in [0.2, 0.25) is 0 Å². The molecule has 0 spiro atoms. The molecule has 0 aromatic carbocycles. The fourth-order valence-electron chi connectivity index (χ4n) is 2.28. The lowest BCUT2D eigenvalue weighted by molar-refractivity contribution is 1.19. The maximum atomic E-state index is 4.36. The molecule has 0 aliphatic carbocycles. The normalized spacial score (nSPS) is 11.4. The summed E-state index contributed by atoms with van der Waals surface area (Å²) in [6, 6.07) is 0. The number of hydrogen-bond donors (Lipinski definition) is 2. The summed E-state index contributed by atoms with van der Waals surface area (Å²) >= 11 is 0. The van der Waals surface area contributed by atoms with Crippen LogP contribution in [0.4, 0.5) is 0 Å². The van der Waals surface area contributed by atoms with E-state index >= 15 is 0 Å². The number of H-pyrrole nitrogens is 2. The van der Waals surface area contributed by atoms with Crippen LogP contribution in [0.2, 0.25) is 0 Å². The zero-order valence-electron chi connectivity index (χ0n) is 9.96. The molecular weight excluding hydrogens is 240 g/mol. The van der Waals surface area contributed by atoms with E-state index in [2.05, 4.69) is 29.9 Å². The molecule has 0 aliphatic heterocycles. The molecule has 0 unspecified atom stereocenters. The highest BCUT2D eigenvalue weighted by Gasteiger charge is 2.10. The number of rotatable bonds is 2. The maximum absolute atomic E-state index is 4.36. The molecule has 6 heteroatoms. The summed E-state index contributed by atoms with van der Waals surface area (Å²) < 4.78 is 0. The van der Waals surface area contributed by atoms with Crippen molar-refractivity contribution in [1.29, 1.82) is 0 Å². The average Bonchev–Trinajstić information content (AvgIpc) is 3.05. The Balaban J connectivity index is 1.82. The molecule has 0 aliphatic rings. The monoisotopic (exact) mass is 250 g/mol. The molecule has 6 nitrogen and oxygen atoms in total. The van der Waals surface area contributed by atoms with E-state index in [1.807, 2.05) is 12.4 Å². The molecule has 4 heterocycles. The molecular formula is C13H10N6. The Bertz CT molecular complexity index is 787. The van der Waals surface area contributed by atoms with E-state index in [9.17, 15) is 0 Å². The Morgan fingerprint density at radius 3 is 1.68 bits per heavy atom. The number of aromatic nitrogens is 6. The number of aromatic amines is 2. The molecule has 0 saturated heterocycles. The maximum Gasteiger partial charge on any atom is 0.156 e. The van der Waals surface area contributed by atoms with E-state index in [1.165, 1.54) is 0 Å². The molecule has 4 rings (SSSR count). The third-order valence-electron chi connectivity index (χ3n) is 3.15. The Morgan fingerprint density at radius 1 is 0.684 bits per heavy atom. The van der Waals surface area contributed by atoms with Gasteiger partial charge in [0.05, 0.1) is 0 Å². The predicted octanol–water partition coefficient (Wildman–Crippen LogP) is 1.82. The van der Waals surface area contributed by atoms with Crippen molar-refractivity contribution in [3.63, 3.8) is 0 Å². The first kappa shape index (κ1) is 10.2. The van der Waals surface area contributed by atoms with Crippen LogP contribution in [-0.4, -0.2) is 29.9 Å². The minimum Gasteiger partial charge on any atom is -0.345 e. The third-order valence-corrected chi connectivity index (χ3v) is 3.15. The minimum atomic E-state index is 0.747. The number of nitrogens with zero attached hydrogens (tertiary/aromatic N) is 4. The standard InChI is InChI=1S/C13H10N6/c1-3-16-12-10(14-1)8(6-18-12)5-9-7-19-13-11(9)15-2-4-17-13/h1-4,6-7H,5H2,(H,16,18)(H,17,19). The lowest BCUT2D eigenvalue weighted by atomic mass is 10.1.